The second-order valence-electron chi connectivity index (χ2n) is 7.07. The number of carbonyl (C=O) groups is 2. The maximum atomic E-state index is 12.5. The Hall–Kier alpha value is -3.35. The first-order valence-electron chi connectivity index (χ1n) is 9.51. The molecule has 2 aliphatic heterocycles. The average molecular weight is 458 g/mol. The number of methoxy groups -OCH3 is 1. The van der Waals surface area contributed by atoms with E-state index < -0.39 is 12.1 Å². The van der Waals surface area contributed by atoms with Crippen LogP contribution in [0.15, 0.2) is 35.2 Å². The molecule has 174 valence electrons. The minimum atomic E-state index is -5.08. The van der Waals surface area contributed by atoms with Crippen LogP contribution in [0.25, 0.3) is 0 Å². The van der Waals surface area contributed by atoms with Gasteiger partial charge in [-0.25, -0.2) is 14.8 Å². The highest BCUT2D eigenvalue weighted by atomic mass is 19.4. The van der Waals surface area contributed by atoms with Gasteiger partial charge in [0, 0.05) is 25.1 Å². The number of hydrogen-bond donors (Lipinski definition) is 2. The molecule has 4 rings (SSSR count). The summed E-state index contributed by atoms with van der Waals surface area (Å²) < 4.78 is 48.0. The lowest BCUT2D eigenvalue weighted by molar-refractivity contribution is -0.192. The Labute approximate surface area is 180 Å². The van der Waals surface area contributed by atoms with Gasteiger partial charge >= 0.3 is 12.1 Å². The molecule has 0 aliphatic carbocycles. The van der Waals surface area contributed by atoms with Crippen LogP contribution in [0, 0.1) is 11.8 Å². The van der Waals surface area contributed by atoms with E-state index in [-0.39, 0.29) is 23.8 Å². The van der Waals surface area contributed by atoms with Crippen molar-refractivity contribution in [2.24, 2.45) is 11.8 Å². The van der Waals surface area contributed by atoms with Crippen molar-refractivity contribution in [3.63, 3.8) is 0 Å². The maximum absolute atomic E-state index is 12.5. The van der Waals surface area contributed by atoms with E-state index in [1.165, 1.54) is 6.33 Å². The fourth-order valence-corrected chi connectivity index (χ4v) is 3.50. The molecule has 2 aromatic heterocycles. The number of amides is 1. The average Bonchev–Trinajstić information content (AvgIpc) is 3.49. The highest BCUT2D eigenvalue weighted by Gasteiger charge is 2.47. The van der Waals surface area contributed by atoms with Crippen molar-refractivity contribution in [1.82, 2.24) is 15.3 Å². The predicted octanol–water partition coefficient (Wildman–Crippen LogP) is 1.48. The molecule has 0 radical (unpaired) electrons. The zero-order valence-corrected chi connectivity index (χ0v) is 16.9. The lowest BCUT2D eigenvalue weighted by Gasteiger charge is -2.20. The summed E-state index contributed by atoms with van der Waals surface area (Å²) in [7, 11) is 1.58. The molecular formula is C19H21F3N4O6. The van der Waals surface area contributed by atoms with E-state index >= 15 is 0 Å². The van der Waals surface area contributed by atoms with Crippen LogP contribution in [-0.4, -0.2) is 66.0 Å². The summed E-state index contributed by atoms with van der Waals surface area (Å²) in [6.45, 7) is 2.29. The number of ether oxygens (including phenoxy) is 2. The number of fused-ring (bicyclic) bond motifs is 1. The van der Waals surface area contributed by atoms with Crippen molar-refractivity contribution in [3.05, 3.63) is 36.5 Å². The molecule has 2 aromatic rings. The van der Waals surface area contributed by atoms with Crippen molar-refractivity contribution in [2.75, 3.05) is 31.7 Å². The van der Waals surface area contributed by atoms with Gasteiger partial charge in [-0.2, -0.15) is 13.2 Å². The van der Waals surface area contributed by atoms with Gasteiger partial charge < -0.3 is 29.2 Å². The fourth-order valence-electron chi connectivity index (χ4n) is 3.50. The molecule has 13 heteroatoms. The highest BCUT2D eigenvalue weighted by molar-refractivity contribution is 5.79. The number of carbonyl (C=O) groups excluding carboxylic acids is 1. The van der Waals surface area contributed by atoms with E-state index in [0.29, 0.717) is 25.6 Å². The van der Waals surface area contributed by atoms with Crippen LogP contribution in [0.2, 0.25) is 0 Å². The molecule has 2 saturated heterocycles. The smallest absolute Gasteiger partial charge is 0.481 e. The van der Waals surface area contributed by atoms with Gasteiger partial charge in [-0.15, -0.1) is 0 Å². The first kappa shape index (κ1) is 23.3. The van der Waals surface area contributed by atoms with Gasteiger partial charge in [0.25, 0.3) is 0 Å². The predicted molar refractivity (Wildman–Crippen MR) is 102 cm³/mol. The van der Waals surface area contributed by atoms with Gasteiger partial charge in [-0.1, -0.05) is 0 Å². The van der Waals surface area contributed by atoms with E-state index in [4.69, 9.17) is 23.8 Å². The number of anilines is 1. The summed E-state index contributed by atoms with van der Waals surface area (Å²) in [5.74, 6) is -0.704. The first-order valence-corrected chi connectivity index (χ1v) is 9.51. The number of carboxylic acids is 1. The summed E-state index contributed by atoms with van der Waals surface area (Å²) in [5.41, 5.74) is 0. The number of nitrogens with zero attached hydrogens (tertiary/aromatic N) is 3. The van der Waals surface area contributed by atoms with Gasteiger partial charge in [-0.3, -0.25) is 4.79 Å². The lowest BCUT2D eigenvalue weighted by Crippen LogP contribution is -2.36. The second kappa shape index (κ2) is 9.85. The minimum absolute atomic E-state index is 0.00557. The maximum Gasteiger partial charge on any atom is 0.490 e. The SMILES string of the molecule is COc1cc(N2C[C@@H]3[C@@H](C(=O)NCc4ccco4)CO[C@@H]3C2)ncn1.O=C(O)C(F)(F)F. The molecule has 2 aliphatic rings. The molecule has 2 fully saturated rings. The number of alkyl halides is 3. The van der Waals surface area contributed by atoms with Crippen molar-refractivity contribution in [2.45, 2.75) is 18.8 Å². The van der Waals surface area contributed by atoms with Crippen LogP contribution >= 0.6 is 0 Å². The molecule has 2 N–H and O–H groups in total. The van der Waals surface area contributed by atoms with Crippen LogP contribution < -0.4 is 15.0 Å². The Kier molecular flexibility index (Phi) is 7.18. The molecule has 0 bridgehead atoms. The molecule has 0 unspecified atom stereocenters. The Bertz CT molecular complexity index is 924. The third-order valence-electron chi connectivity index (χ3n) is 5.07. The van der Waals surface area contributed by atoms with Crippen LogP contribution in [0.5, 0.6) is 5.88 Å². The monoisotopic (exact) mass is 458 g/mol. The summed E-state index contributed by atoms with van der Waals surface area (Å²) in [4.78, 5) is 31.9. The fraction of sp³-hybridized carbons (Fsp3) is 0.474. The minimum Gasteiger partial charge on any atom is -0.481 e. The van der Waals surface area contributed by atoms with Crippen LogP contribution in [0.4, 0.5) is 19.0 Å². The standard InChI is InChI=1S/C17H20N4O4.C2HF3O2/c1-23-16-5-15(19-10-20-16)21-7-12-13(9-25-14(12)8-21)17(22)18-6-11-3-2-4-24-11;3-2(4,5)1(6)7/h2-5,10,12-14H,6-9H2,1H3,(H,18,22);(H,6,7)/t12-,13+,14-;/m1./s1. The topological polar surface area (TPSA) is 127 Å². The zero-order chi connectivity index (χ0) is 23.3. The third kappa shape index (κ3) is 5.66. The third-order valence-corrected chi connectivity index (χ3v) is 5.07. The number of aromatic nitrogens is 2. The van der Waals surface area contributed by atoms with Crippen molar-refractivity contribution in [1.29, 1.82) is 0 Å². The Morgan fingerprint density at radius 1 is 1.34 bits per heavy atom. The second-order valence-corrected chi connectivity index (χ2v) is 7.07. The largest absolute Gasteiger partial charge is 0.490 e. The molecule has 0 aromatic carbocycles. The normalized spacial score (nSPS) is 22.0. The summed E-state index contributed by atoms with van der Waals surface area (Å²) in [5, 5.41) is 10.1. The Morgan fingerprint density at radius 3 is 2.72 bits per heavy atom. The number of nitrogens with one attached hydrogen (secondary N) is 1. The number of halogens is 3. The van der Waals surface area contributed by atoms with E-state index in [2.05, 4.69) is 20.2 Å². The van der Waals surface area contributed by atoms with E-state index in [1.54, 1.807) is 25.5 Å². The van der Waals surface area contributed by atoms with Crippen LogP contribution in [0.3, 0.4) is 0 Å². The number of furan rings is 1. The molecule has 1 amide bonds. The molecular weight excluding hydrogens is 437 g/mol. The number of hydrogen-bond acceptors (Lipinski definition) is 8. The molecule has 3 atom stereocenters. The van der Waals surface area contributed by atoms with Gasteiger partial charge in [0.2, 0.25) is 11.8 Å². The number of rotatable bonds is 5. The molecule has 32 heavy (non-hydrogen) atoms. The highest BCUT2D eigenvalue weighted by Crippen LogP contribution is 2.36. The van der Waals surface area contributed by atoms with E-state index in [1.807, 2.05) is 6.07 Å². The molecule has 4 heterocycles. The van der Waals surface area contributed by atoms with Crippen LogP contribution in [-0.2, 0) is 20.9 Å². The number of aliphatic carboxylic acids is 1. The van der Waals surface area contributed by atoms with Crippen LogP contribution in [0.1, 0.15) is 5.76 Å². The quantitative estimate of drug-likeness (QED) is 0.685. The van der Waals surface area contributed by atoms with Crippen molar-refractivity contribution < 1.29 is 41.8 Å². The molecule has 10 nitrogen and oxygen atoms in total. The van der Waals surface area contributed by atoms with Crippen molar-refractivity contribution >= 4 is 17.7 Å². The van der Waals surface area contributed by atoms with E-state index in [9.17, 15) is 18.0 Å². The van der Waals surface area contributed by atoms with Gasteiger partial charge in [0.15, 0.2) is 0 Å². The first-order chi connectivity index (χ1) is 15.2. The van der Waals surface area contributed by atoms with Gasteiger partial charge in [-0.05, 0) is 12.1 Å². The summed E-state index contributed by atoms with van der Waals surface area (Å²) in [6.07, 6.45) is -1.96. The zero-order valence-electron chi connectivity index (χ0n) is 16.9. The van der Waals surface area contributed by atoms with Gasteiger partial charge in [0.1, 0.15) is 17.9 Å². The van der Waals surface area contributed by atoms with Gasteiger partial charge in [0.05, 0.1) is 38.5 Å². The van der Waals surface area contributed by atoms with E-state index in [0.717, 1.165) is 18.1 Å². The molecule has 0 spiro atoms. The Morgan fingerprint density at radius 2 is 2.09 bits per heavy atom. The summed E-state index contributed by atoms with van der Waals surface area (Å²) in [6, 6.07) is 5.45. The summed E-state index contributed by atoms with van der Waals surface area (Å²) >= 11 is 0. The number of carboxylic acid groups (broad SMARTS) is 1. The van der Waals surface area contributed by atoms with Crippen molar-refractivity contribution in [3.8, 4) is 5.88 Å². The Balaban J connectivity index is 0.000000360. The lowest BCUT2D eigenvalue weighted by atomic mass is 9.92. The molecule has 0 saturated carbocycles.